The fourth-order valence-electron chi connectivity index (χ4n) is 1.43. The van der Waals surface area contributed by atoms with Gasteiger partial charge in [-0.25, -0.2) is 0 Å². The average Bonchev–Trinajstić information content (AvgIpc) is 2.66. The van der Waals surface area contributed by atoms with Gasteiger partial charge in [0.2, 0.25) is 0 Å². The van der Waals surface area contributed by atoms with E-state index in [0.717, 1.165) is 5.56 Å². The van der Waals surface area contributed by atoms with Gasteiger partial charge in [0.05, 0.1) is 5.92 Å². The molecule has 0 saturated heterocycles. The van der Waals surface area contributed by atoms with Crippen molar-refractivity contribution < 1.29 is 9.90 Å². The number of aromatic amines is 1. The highest BCUT2D eigenvalue weighted by molar-refractivity contribution is 5.69. The van der Waals surface area contributed by atoms with E-state index in [1.54, 1.807) is 6.92 Å². The fourth-order valence-corrected chi connectivity index (χ4v) is 1.43. The summed E-state index contributed by atoms with van der Waals surface area (Å²) in [5.41, 5.74) is 1.10. The fraction of sp³-hybridized carbons (Fsp3) is 0.500. The zero-order chi connectivity index (χ0) is 10.6. The van der Waals surface area contributed by atoms with E-state index in [0.29, 0.717) is 6.42 Å². The molecule has 1 aromatic rings. The Hall–Kier alpha value is -1.29. The summed E-state index contributed by atoms with van der Waals surface area (Å²) < 4.78 is 0. The average molecular weight is 196 g/mol. The zero-order valence-corrected chi connectivity index (χ0v) is 8.45. The molecule has 0 aromatic carbocycles. The van der Waals surface area contributed by atoms with E-state index in [-0.39, 0.29) is 12.0 Å². The molecule has 1 aromatic heterocycles. The number of carboxylic acid groups (broad SMARTS) is 1. The summed E-state index contributed by atoms with van der Waals surface area (Å²) in [5, 5.41) is 11.9. The molecule has 0 fully saturated rings. The molecule has 0 radical (unpaired) electrons. The maximum atomic E-state index is 10.7. The number of hydrogen-bond donors (Lipinski definition) is 3. The van der Waals surface area contributed by atoms with Crippen molar-refractivity contribution in [2.75, 3.05) is 7.05 Å². The van der Waals surface area contributed by atoms with Crippen LogP contribution in [0.15, 0.2) is 18.5 Å². The molecular formula is C10H16N2O2. The van der Waals surface area contributed by atoms with Crippen molar-refractivity contribution in [1.82, 2.24) is 10.3 Å². The third-order valence-electron chi connectivity index (χ3n) is 2.38. The summed E-state index contributed by atoms with van der Waals surface area (Å²) in [7, 11) is 1.84. The number of aliphatic carboxylic acids is 1. The van der Waals surface area contributed by atoms with Crippen molar-refractivity contribution >= 4 is 5.97 Å². The number of nitrogens with one attached hydrogen (secondary N) is 2. The van der Waals surface area contributed by atoms with Crippen molar-refractivity contribution in [1.29, 1.82) is 0 Å². The summed E-state index contributed by atoms with van der Waals surface area (Å²) in [4.78, 5) is 13.6. The maximum Gasteiger partial charge on any atom is 0.306 e. The van der Waals surface area contributed by atoms with Gasteiger partial charge < -0.3 is 15.4 Å². The highest BCUT2D eigenvalue weighted by atomic mass is 16.4. The molecule has 0 aliphatic rings. The van der Waals surface area contributed by atoms with Crippen LogP contribution in [0.3, 0.4) is 0 Å². The van der Waals surface area contributed by atoms with Gasteiger partial charge in [0, 0.05) is 18.4 Å². The maximum absolute atomic E-state index is 10.7. The normalized spacial score (nSPS) is 15.0. The Morgan fingerprint density at radius 1 is 1.71 bits per heavy atom. The molecule has 14 heavy (non-hydrogen) atoms. The second-order valence-corrected chi connectivity index (χ2v) is 3.46. The van der Waals surface area contributed by atoms with Crippen LogP contribution in [0, 0.1) is 5.92 Å². The molecule has 0 aliphatic heterocycles. The van der Waals surface area contributed by atoms with E-state index in [9.17, 15) is 4.79 Å². The van der Waals surface area contributed by atoms with E-state index >= 15 is 0 Å². The third kappa shape index (κ3) is 2.60. The number of aromatic nitrogens is 1. The van der Waals surface area contributed by atoms with E-state index in [1.165, 1.54) is 0 Å². The first-order valence-corrected chi connectivity index (χ1v) is 4.68. The lowest BCUT2D eigenvalue weighted by Gasteiger charge is -2.17. The smallest absolute Gasteiger partial charge is 0.306 e. The second-order valence-electron chi connectivity index (χ2n) is 3.46. The van der Waals surface area contributed by atoms with Gasteiger partial charge in [0.25, 0.3) is 0 Å². The van der Waals surface area contributed by atoms with Crippen LogP contribution in [-0.2, 0) is 4.79 Å². The molecule has 2 atom stereocenters. The van der Waals surface area contributed by atoms with Crippen LogP contribution in [0.4, 0.5) is 0 Å². The van der Waals surface area contributed by atoms with Gasteiger partial charge in [-0.15, -0.1) is 0 Å². The van der Waals surface area contributed by atoms with Crippen LogP contribution >= 0.6 is 0 Å². The third-order valence-corrected chi connectivity index (χ3v) is 2.38. The lowest BCUT2D eigenvalue weighted by molar-refractivity contribution is -0.141. The van der Waals surface area contributed by atoms with Gasteiger partial charge in [-0.1, -0.05) is 6.92 Å². The highest BCUT2D eigenvalue weighted by Crippen LogP contribution is 2.20. The Morgan fingerprint density at radius 3 is 2.86 bits per heavy atom. The molecule has 0 aliphatic carbocycles. The zero-order valence-electron chi connectivity index (χ0n) is 8.45. The number of carboxylic acids is 1. The van der Waals surface area contributed by atoms with Crippen LogP contribution in [0.25, 0.3) is 0 Å². The highest BCUT2D eigenvalue weighted by Gasteiger charge is 2.18. The van der Waals surface area contributed by atoms with Gasteiger partial charge in [0.15, 0.2) is 0 Å². The minimum absolute atomic E-state index is 0.104. The quantitative estimate of drug-likeness (QED) is 0.666. The number of rotatable bonds is 5. The number of hydrogen-bond acceptors (Lipinski definition) is 2. The minimum atomic E-state index is -0.749. The lowest BCUT2D eigenvalue weighted by Crippen LogP contribution is -2.22. The molecule has 0 saturated carbocycles. The van der Waals surface area contributed by atoms with E-state index in [4.69, 9.17) is 5.11 Å². The monoisotopic (exact) mass is 196 g/mol. The molecule has 2 unspecified atom stereocenters. The Bertz CT molecular complexity index is 282. The summed E-state index contributed by atoms with van der Waals surface area (Å²) >= 11 is 0. The number of H-pyrrole nitrogens is 1. The SMILES string of the molecule is CNC(CC(C)C(=O)O)c1cc[nH]c1. The van der Waals surface area contributed by atoms with Crippen molar-refractivity contribution in [3.05, 3.63) is 24.0 Å². The Balaban J connectivity index is 2.60. The minimum Gasteiger partial charge on any atom is -0.481 e. The molecule has 4 nitrogen and oxygen atoms in total. The molecular weight excluding hydrogens is 180 g/mol. The van der Waals surface area contributed by atoms with Gasteiger partial charge >= 0.3 is 5.97 Å². The summed E-state index contributed by atoms with van der Waals surface area (Å²) in [5.74, 6) is -1.08. The van der Waals surface area contributed by atoms with Crippen LogP contribution in [-0.4, -0.2) is 23.1 Å². The summed E-state index contributed by atoms with van der Waals surface area (Å²) in [6, 6.07) is 2.06. The second kappa shape index (κ2) is 4.81. The topological polar surface area (TPSA) is 65.1 Å². The molecule has 3 N–H and O–H groups in total. The van der Waals surface area contributed by atoms with Gasteiger partial charge in [-0.3, -0.25) is 4.79 Å². The van der Waals surface area contributed by atoms with Crippen LogP contribution in [0.2, 0.25) is 0 Å². The summed E-state index contributed by atoms with van der Waals surface area (Å²) in [6.07, 6.45) is 4.32. The van der Waals surface area contributed by atoms with Crippen LogP contribution in [0.5, 0.6) is 0 Å². The molecule has 4 heteroatoms. The van der Waals surface area contributed by atoms with Crippen LogP contribution < -0.4 is 5.32 Å². The Labute approximate surface area is 83.3 Å². The summed E-state index contributed by atoms with van der Waals surface area (Å²) in [6.45, 7) is 1.72. The van der Waals surface area contributed by atoms with E-state index in [1.807, 2.05) is 25.5 Å². The Kier molecular flexibility index (Phi) is 3.71. The van der Waals surface area contributed by atoms with E-state index in [2.05, 4.69) is 10.3 Å². The molecule has 78 valence electrons. The van der Waals surface area contributed by atoms with Crippen molar-refractivity contribution in [3.8, 4) is 0 Å². The molecule has 1 rings (SSSR count). The predicted molar refractivity (Wildman–Crippen MR) is 54.0 cm³/mol. The first-order valence-electron chi connectivity index (χ1n) is 4.68. The van der Waals surface area contributed by atoms with Gasteiger partial charge in [0.1, 0.15) is 0 Å². The van der Waals surface area contributed by atoms with Crippen molar-refractivity contribution in [2.45, 2.75) is 19.4 Å². The first-order chi connectivity index (χ1) is 6.65. The lowest BCUT2D eigenvalue weighted by atomic mass is 9.98. The molecule has 0 amide bonds. The Morgan fingerprint density at radius 2 is 2.43 bits per heavy atom. The van der Waals surface area contributed by atoms with Gasteiger partial charge in [-0.05, 0) is 25.1 Å². The largest absolute Gasteiger partial charge is 0.481 e. The van der Waals surface area contributed by atoms with Gasteiger partial charge in [-0.2, -0.15) is 0 Å². The molecule has 0 spiro atoms. The molecule has 0 bridgehead atoms. The predicted octanol–water partition coefficient (Wildman–Crippen LogP) is 1.39. The molecule has 1 heterocycles. The van der Waals surface area contributed by atoms with E-state index < -0.39 is 5.97 Å². The van der Waals surface area contributed by atoms with Crippen molar-refractivity contribution in [3.63, 3.8) is 0 Å². The standard InChI is InChI=1S/C10H16N2O2/c1-7(10(13)14)5-9(11-2)8-3-4-12-6-8/h3-4,6-7,9,11-12H,5H2,1-2H3,(H,13,14). The first kappa shape index (κ1) is 10.8. The van der Waals surface area contributed by atoms with Crippen LogP contribution in [0.1, 0.15) is 24.9 Å². The van der Waals surface area contributed by atoms with Crippen molar-refractivity contribution in [2.24, 2.45) is 5.92 Å². The number of carbonyl (C=O) groups is 1.